The SMILES string of the molecule is O=C(N/N=C/c1ccc2c(ccn2Cc2cccc(F)c2)c1)c1cccc(Cl)c1. The van der Waals surface area contributed by atoms with E-state index in [9.17, 15) is 9.18 Å². The van der Waals surface area contributed by atoms with Crippen LogP contribution in [0.4, 0.5) is 4.39 Å². The Morgan fingerprint density at radius 3 is 2.76 bits per heavy atom. The summed E-state index contributed by atoms with van der Waals surface area (Å²) in [6.07, 6.45) is 3.56. The van der Waals surface area contributed by atoms with Crippen LogP contribution in [0.15, 0.2) is 84.1 Å². The molecule has 0 fully saturated rings. The molecule has 1 heterocycles. The van der Waals surface area contributed by atoms with Gasteiger partial charge >= 0.3 is 0 Å². The Balaban J connectivity index is 1.47. The molecule has 0 atom stereocenters. The molecule has 4 nitrogen and oxygen atoms in total. The van der Waals surface area contributed by atoms with Gasteiger partial charge in [0, 0.05) is 34.2 Å². The van der Waals surface area contributed by atoms with Crippen molar-refractivity contribution >= 4 is 34.6 Å². The van der Waals surface area contributed by atoms with Gasteiger partial charge in [-0.15, -0.1) is 0 Å². The predicted octanol–water partition coefficient (Wildman–Crippen LogP) is 5.25. The Morgan fingerprint density at radius 2 is 1.93 bits per heavy atom. The number of halogens is 2. The van der Waals surface area contributed by atoms with E-state index in [1.54, 1.807) is 36.5 Å². The Kier molecular flexibility index (Phi) is 5.40. The van der Waals surface area contributed by atoms with Crippen LogP contribution in [0.3, 0.4) is 0 Å². The predicted molar refractivity (Wildman–Crippen MR) is 114 cm³/mol. The lowest BCUT2D eigenvalue weighted by Crippen LogP contribution is -2.17. The first-order valence-corrected chi connectivity index (χ1v) is 9.38. The Hall–Kier alpha value is -3.44. The number of carbonyl (C=O) groups excluding carboxylic acids is 1. The molecule has 0 radical (unpaired) electrons. The van der Waals surface area contributed by atoms with Crippen molar-refractivity contribution in [1.82, 2.24) is 9.99 Å². The number of benzene rings is 3. The maximum absolute atomic E-state index is 13.4. The zero-order valence-electron chi connectivity index (χ0n) is 15.3. The molecule has 4 aromatic rings. The largest absolute Gasteiger partial charge is 0.343 e. The summed E-state index contributed by atoms with van der Waals surface area (Å²) in [5.74, 6) is -0.566. The van der Waals surface area contributed by atoms with E-state index in [2.05, 4.69) is 15.1 Å². The van der Waals surface area contributed by atoms with Crippen LogP contribution in [0.25, 0.3) is 10.9 Å². The van der Waals surface area contributed by atoms with Crippen LogP contribution in [0.1, 0.15) is 21.5 Å². The van der Waals surface area contributed by atoms with Crippen LogP contribution >= 0.6 is 11.6 Å². The molecule has 0 saturated carbocycles. The average molecular weight is 406 g/mol. The van der Waals surface area contributed by atoms with Gasteiger partial charge in [0.15, 0.2) is 0 Å². The van der Waals surface area contributed by atoms with E-state index < -0.39 is 0 Å². The molecule has 0 aliphatic rings. The normalized spacial score (nSPS) is 11.2. The summed E-state index contributed by atoms with van der Waals surface area (Å²) in [5.41, 5.74) is 5.73. The molecule has 0 aliphatic carbocycles. The highest BCUT2D eigenvalue weighted by atomic mass is 35.5. The van der Waals surface area contributed by atoms with Crippen molar-refractivity contribution in [2.24, 2.45) is 5.10 Å². The van der Waals surface area contributed by atoms with Gasteiger partial charge in [0.1, 0.15) is 5.82 Å². The van der Waals surface area contributed by atoms with Gasteiger partial charge in [-0.25, -0.2) is 9.82 Å². The van der Waals surface area contributed by atoms with E-state index in [0.717, 1.165) is 22.0 Å². The lowest BCUT2D eigenvalue weighted by molar-refractivity contribution is 0.0955. The molecule has 0 aliphatic heterocycles. The van der Waals surface area contributed by atoms with Gasteiger partial charge in [0.2, 0.25) is 0 Å². The van der Waals surface area contributed by atoms with Crippen LogP contribution in [-0.2, 0) is 6.54 Å². The minimum atomic E-state index is -0.328. The quantitative estimate of drug-likeness (QED) is 0.358. The number of rotatable bonds is 5. The number of hydrazone groups is 1. The maximum Gasteiger partial charge on any atom is 0.271 e. The van der Waals surface area contributed by atoms with Crippen molar-refractivity contribution in [3.05, 3.63) is 107 Å². The molecular formula is C23H17ClFN3O. The summed E-state index contributed by atoms with van der Waals surface area (Å²) in [5, 5.41) is 5.55. The van der Waals surface area contributed by atoms with Crippen molar-refractivity contribution in [2.45, 2.75) is 6.54 Å². The monoisotopic (exact) mass is 405 g/mol. The molecule has 29 heavy (non-hydrogen) atoms. The molecular weight excluding hydrogens is 389 g/mol. The zero-order chi connectivity index (χ0) is 20.2. The molecule has 0 spiro atoms. The number of carbonyl (C=O) groups is 1. The highest BCUT2D eigenvalue weighted by Gasteiger charge is 2.05. The standard InChI is InChI=1S/C23H17ClFN3O/c24-20-5-2-4-19(13-20)23(29)27-26-14-16-7-8-22-18(11-16)9-10-28(22)15-17-3-1-6-21(25)12-17/h1-14H,15H2,(H,27,29)/b26-14+. The summed E-state index contributed by atoms with van der Waals surface area (Å²) in [4.78, 5) is 12.1. The van der Waals surface area contributed by atoms with E-state index in [4.69, 9.17) is 11.6 Å². The number of hydrogen-bond donors (Lipinski definition) is 1. The summed E-state index contributed by atoms with van der Waals surface area (Å²) in [6.45, 7) is 0.588. The summed E-state index contributed by atoms with van der Waals surface area (Å²) < 4.78 is 15.5. The second kappa shape index (κ2) is 8.29. The molecule has 1 N–H and O–H groups in total. The first kappa shape index (κ1) is 18.9. The van der Waals surface area contributed by atoms with Gasteiger partial charge in [0.05, 0.1) is 6.21 Å². The minimum Gasteiger partial charge on any atom is -0.343 e. The fourth-order valence-electron chi connectivity index (χ4n) is 3.13. The summed E-state index contributed by atoms with van der Waals surface area (Å²) in [7, 11) is 0. The van der Waals surface area contributed by atoms with Crippen LogP contribution < -0.4 is 5.43 Å². The van der Waals surface area contributed by atoms with Gasteiger partial charge in [-0.2, -0.15) is 5.10 Å². The number of nitrogens with one attached hydrogen (secondary N) is 1. The highest BCUT2D eigenvalue weighted by Crippen LogP contribution is 2.19. The Bertz CT molecular complexity index is 1220. The fourth-order valence-corrected chi connectivity index (χ4v) is 3.32. The topological polar surface area (TPSA) is 46.4 Å². The van der Waals surface area contributed by atoms with Crippen molar-refractivity contribution < 1.29 is 9.18 Å². The molecule has 6 heteroatoms. The first-order valence-electron chi connectivity index (χ1n) is 9.01. The number of fused-ring (bicyclic) bond motifs is 1. The molecule has 0 bridgehead atoms. The second-order valence-corrected chi connectivity index (χ2v) is 7.04. The third-order valence-electron chi connectivity index (χ3n) is 4.50. The van der Waals surface area contributed by atoms with Crippen LogP contribution in [-0.4, -0.2) is 16.7 Å². The molecule has 0 saturated heterocycles. The first-order chi connectivity index (χ1) is 14.1. The molecule has 1 amide bonds. The number of amides is 1. The van der Waals surface area contributed by atoms with Crippen LogP contribution in [0.5, 0.6) is 0 Å². The van der Waals surface area contributed by atoms with Gasteiger partial charge in [-0.3, -0.25) is 4.79 Å². The van der Waals surface area contributed by atoms with Gasteiger partial charge in [-0.1, -0.05) is 35.9 Å². The third-order valence-corrected chi connectivity index (χ3v) is 4.74. The Labute approximate surface area is 172 Å². The summed E-state index contributed by atoms with van der Waals surface area (Å²) in [6, 6.07) is 21.1. The zero-order valence-corrected chi connectivity index (χ0v) is 16.1. The molecule has 4 rings (SSSR count). The van der Waals surface area contributed by atoms with E-state index >= 15 is 0 Å². The number of nitrogens with zero attached hydrogens (tertiary/aromatic N) is 2. The highest BCUT2D eigenvalue weighted by molar-refractivity contribution is 6.30. The molecule has 144 valence electrons. The van der Waals surface area contributed by atoms with Crippen molar-refractivity contribution in [3.63, 3.8) is 0 Å². The van der Waals surface area contributed by atoms with Gasteiger partial charge in [-0.05, 0) is 59.7 Å². The smallest absolute Gasteiger partial charge is 0.271 e. The van der Waals surface area contributed by atoms with Crippen LogP contribution in [0, 0.1) is 5.82 Å². The lowest BCUT2D eigenvalue weighted by Gasteiger charge is -2.06. The minimum absolute atomic E-state index is 0.239. The lowest BCUT2D eigenvalue weighted by atomic mass is 10.1. The average Bonchev–Trinajstić information content (AvgIpc) is 3.10. The second-order valence-electron chi connectivity index (χ2n) is 6.60. The van der Waals surface area contributed by atoms with E-state index in [-0.39, 0.29) is 11.7 Å². The number of aromatic nitrogens is 1. The molecule has 3 aromatic carbocycles. The van der Waals surface area contributed by atoms with Crippen molar-refractivity contribution in [2.75, 3.05) is 0 Å². The van der Waals surface area contributed by atoms with Crippen LogP contribution in [0.2, 0.25) is 5.02 Å². The number of hydrogen-bond acceptors (Lipinski definition) is 2. The molecule has 0 unspecified atom stereocenters. The third kappa shape index (κ3) is 4.52. The molecule has 1 aromatic heterocycles. The van der Waals surface area contributed by atoms with E-state index in [1.165, 1.54) is 12.1 Å². The van der Waals surface area contributed by atoms with Crippen molar-refractivity contribution in [1.29, 1.82) is 0 Å². The van der Waals surface area contributed by atoms with Gasteiger partial charge in [0.25, 0.3) is 5.91 Å². The fraction of sp³-hybridized carbons (Fsp3) is 0.0435. The maximum atomic E-state index is 13.4. The van der Waals surface area contributed by atoms with Gasteiger partial charge < -0.3 is 4.57 Å². The van der Waals surface area contributed by atoms with E-state index in [0.29, 0.717) is 17.1 Å². The summed E-state index contributed by atoms with van der Waals surface area (Å²) >= 11 is 5.90. The van der Waals surface area contributed by atoms with E-state index in [1.807, 2.05) is 36.5 Å². The van der Waals surface area contributed by atoms with Crippen molar-refractivity contribution in [3.8, 4) is 0 Å². The Morgan fingerprint density at radius 1 is 1.07 bits per heavy atom.